The molecule has 0 amide bonds. The van der Waals surface area contributed by atoms with Gasteiger partial charge in [-0.05, 0) is 25.1 Å². The number of thioether (sulfide) groups is 1. The van der Waals surface area contributed by atoms with Gasteiger partial charge in [0.2, 0.25) is 0 Å². The van der Waals surface area contributed by atoms with E-state index < -0.39 is 10.7 Å². The summed E-state index contributed by atoms with van der Waals surface area (Å²) < 4.78 is 1.44. The van der Waals surface area contributed by atoms with E-state index in [0.717, 1.165) is 0 Å². The lowest BCUT2D eigenvalue weighted by Gasteiger charge is -2.17. The quantitative estimate of drug-likeness (QED) is 0.675. The highest BCUT2D eigenvalue weighted by Gasteiger charge is 2.31. The molecule has 0 aliphatic heterocycles. The van der Waals surface area contributed by atoms with Crippen LogP contribution in [-0.4, -0.2) is 20.1 Å². The van der Waals surface area contributed by atoms with Gasteiger partial charge in [0.1, 0.15) is 4.75 Å². The summed E-state index contributed by atoms with van der Waals surface area (Å²) in [7, 11) is 0. The van der Waals surface area contributed by atoms with E-state index in [1.807, 2.05) is 18.2 Å². The summed E-state index contributed by atoms with van der Waals surface area (Å²) in [5.74, 6) is -0.907. The molecule has 94 valence electrons. The first-order valence-electron chi connectivity index (χ1n) is 5.29. The average Bonchev–Trinajstić information content (AvgIpc) is 2.37. The Morgan fingerprint density at radius 2 is 2.11 bits per heavy atom. The maximum absolute atomic E-state index is 10.6. The number of carbonyl (C=O) groups is 1. The van der Waals surface area contributed by atoms with Crippen LogP contribution in [0.2, 0.25) is 0 Å². The van der Waals surface area contributed by atoms with E-state index in [1.54, 1.807) is 23.9 Å². The van der Waals surface area contributed by atoms with Crippen LogP contribution in [0.15, 0.2) is 30.6 Å². The van der Waals surface area contributed by atoms with Gasteiger partial charge in [-0.3, -0.25) is 4.79 Å². The van der Waals surface area contributed by atoms with E-state index in [1.165, 1.54) is 11.8 Å². The molecule has 18 heavy (non-hydrogen) atoms. The molecule has 1 N–H and O–H groups in total. The van der Waals surface area contributed by atoms with Gasteiger partial charge in [0.25, 0.3) is 0 Å². The number of nitriles is 1. The van der Waals surface area contributed by atoms with Crippen molar-refractivity contribution in [2.45, 2.75) is 24.5 Å². The van der Waals surface area contributed by atoms with Gasteiger partial charge < -0.3 is 5.11 Å². The van der Waals surface area contributed by atoms with Crippen LogP contribution in [-0.2, 0) is 4.79 Å². The minimum absolute atomic E-state index is 0.0425. The molecular formula is C12H13N2O2S2+. The maximum Gasteiger partial charge on any atom is 0.314 e. The highest BCUT2D eigenvalue weighted by molar-refractivity contribution is 8.23. The number of thiocarbonyl (C=S) groups is 1. The molecule has 1 rings (SSSR count). The molecule has 0 bridgehead atoms. The molecule has 0 saturated heterocycles. The van der Waals surface area contributed by atoms with Crippen molar-refractivity contribution in [3.63, 3.8) is 0 Å². The van der Waals surface area contributed by atoms with E-state index in [-0.39, 0.29) is 12.8 Å². The predicted octanol–water partition coefficient (Wildman–Crippen LogP) is 1.99. The maximum atomic E-state index is 10.6. The minimum Gasteiger partial charge on any atom is -0.481 e. The van der Waals surface area contributed by atoms with Crippen molar-refractivity contribution >= 4 is 34.3 Å². The highest BCUT2D eigenvalue weighted by Crippen LogP contribution is 2.29. The lowest BCUT2D eigenvalue weighted by atomic mass is 10.1. The zero-order valence-corrected chi connectivity index (χ0v) is 11.5. The first-order valence-corrected chi connectivity index (χ1v) is 6.52. The predicted molar refractivity (Wildman–Crippen MR) is 73.1 cm³/mol. The molecule has 1 atom stereocenters. The van der Waals surface area contributed by atoms with Crippen LogP contribution < -0.4 is 4.57 Å². The molecule has 0 aromatic carbocycles. The number of rotatable bonds is 4. The number of hydrogen-bond donors (Lipinski definition) is 1. The van der Waals surface area contributed by atoms with Crippen molar-refractivity contribution in [2.75, 3.05) is 0 Å². The van der Waals surface area contributed by atoms with E-state index >= 15 is 0 Å². The zero-order chi connectivity index (χ0) is 13.6. The number of aromatic nitrogens is 1. The standard InChI is InChI=1S/C12H12N2O2S2/c1-12(9-13,6-5-10(15)16)18-11(17)14-7-3-2-4-8-14/h2-4,7-8H,5-6H2,1H3/p+1. The summed E-state index contributed by atoms with van der Waals surface area (Å²) in [6.07, 6.45) is 3.81. The first-order chi connectivity index (χ1) is 8.47. The molecule has 1 aromatic heterocycles. The van der Waals surface area contributed by atoms with Crippen LogP contribution in [0.3, 0.4) is 0 Å². The van der Waals surface area contributed by atoms with Gasteiger partial charge in [0.05, 0.1) is 6.07 Å². The van der Waals surface area contributed by atoms with Gasteiger partial charge in [-0.1, -0.05) is 6.07 Å². The highest BCUT2D eigenvalue weighted by atomic mass is 32.2. The molecule has 1 unspecified atom stereocenters. The molecule has 0 saturated carbocycles. The Kier molecular flexibility index (Phi) is 5.25. The van der Waals surface area contributed by atoms with Gasteiger partial charge >= 0.3 is 10.3 Å². The van der Waals surface area contributed by atoms with Gasteiger partial charge in [-0.25, -0.2) is 0 Å². The third-order valence-electron chi connectivity index (χ3n) is 2.29. The summed E-state index contributed by atoms with van der Waals surface area (Å²) in [5.41, 5.74) is 0. The zero-order valence-electron chi connectivity index (χ0n) is 9.87. The summed E-state index contributed by atoms with van der Waals surface area (Å²) in [6, 6.07) is 7.69. The molecule has 1 aromatic rings. The summed E-state index contributed by atoms with van der Waals surface area (Å²) >= 11 is 6.45. The van der Waals surface area contributed by atoms with Crippen molar-refractivity contribution in [2.24, 2.45) is 0 Å². The molecule has 4 nitrogen and oxygen atoms in total. The van der Waals surface area contributed by atoms with Gasteiger partial charge in [-0.2, -0.15) is 9.83 Å². The fraction of sp³-hybridized carbons (Fsp3) is 0.333. The average molecular weight is 281 g/mol. The Morgan fingerprint density at radius 3 is 2.61 bits per heavy atom. The topological polar surface area (TPSA) is 65.0 Å². The molecule has 0 radical (unpaired) electrons. The summed E-state index contributed by atoms with van der Waals surface area (Å²) in [5, 5.41) is 17.8. The molecule has 1 heterocycles. The molecule has 6 heteroatoms. The van der Waals surface area contributed by atoms with Crippen LogP contribution in [0, 0.1) is 11.3 Å². The number of pyridine rings is 1. The van der Waals surface area contributed by atoms with Gasteiger partial charge in [-0.15, -0.1) is 0 Å². The Hall–Kier alpha value is -1.45. The Bertz CT molecular complexity index is 485. The van der Waals surface area contributed by atoms with Crippen molar-refractivity contribution in [1.82, 2.24) is 0 Å². The van der Waals surface area contributed by atoms with Crippen LogP contribution in [0.25, 0.3) is 0 Å². The number of aliphatic carboxylic acids is 1. The van der Waals surface area contributed by atoms with Crippen LogP contribution in [0.5, 0.6) is 0 Å². The summed E-state index contributed by atoms with van der Waals surface area (Å²) in [4.78, 5) is 10.6. The SMILES string of the molecule is CC(C#N)(CCC(=O)O)SC(=S)[n+]1ccccc1. The number of carboxylic acids is 1. The van der Waals surface area contributed by atoms with Gasteiger partial charge in [0.15, 0.2) is 12.4 Å². The molecular weight excluding hydrogens is 268 g/mol. The normalized spacial score (nSPS) is 13.3. The van der Waals surface area contributed by atoms with Crippen LogP contribution in [0.1, 0.15) is 19.8 Å². The van der Waals surface area contributed by atoms with E-state index in [0.29, 0.717) is 4.32 Å². The third-order valence-corrected chi connectivity index (χ3v) is 3.88. The fourth-order valence-corrected chi connectivity index (χ4v) is 2.78. The minimum atomic E-state index is -0.907. The van der Waals surface area contributed by atoms with E-state index in [2.05, 4.69) is 6.07 Å². The second-order valence-electron chi connectivity index (χ2n) is 3.89. The van der Waals surface area contributed by atoms with Gasteiger partial charge in [0, 0.05) is 30.8 Å². The first kappa shape index (κ1) is 14.6. The van der Waals surface area contributed by atoms with Crippen molar-refractivity contribution < 1.29 is 14.5 Å². The number of hydrogen-bond acceptors (Lipinski definition) is 4. The lowest BCUT2D eigenvalue weighted by molar-refractivity contribution is -0.546. The van der Waals surface area contributed by atoms with E-state index in [4.69, 9.17) is 22.6 Å². The molecule has 0 aliphatic carbocycles. The summed E-state index contributed by atoms with van der Waals surface area (Å²) in [6.45, 7) is 1.70. The smallest absolute Gasteiger partial charge is 0.314 e. The largest absolute Gasteiger partial charge is 0.481 e. The number of carboxylic acid groups (broad SMARTS) is 1. The van der Waals surface area contributed by atoms with Crippen molar-refractivity contribution in [3.05, 3.63) is 30.6 Å². The lowest BCUT2D eigenvalue weighted by Crippen LogP contribution is -2.41. The second kappa shape index (κ2) is 6.47. The third kappa shape index (κ3) is 4.43. The van der Waals surface area contributed by atoms with Crippen molar-refractivity contribution in [3.8, 4) is 6.07 Å². The molecule has 0 spiro atoms. The molecule has 0 aliphatic rings. The number of nitrogens with zero attached hydrogens (tertiary/aromatic N) is 2. The Morgan fingerprint density at radius 1 is 1.50 bits per heavy atom. The Labute approximate surface area is 115 Å². The Balaban J connectivity index is 2.72. The monoisotopic (exact) mass is 281 g/mol. The fourth-order valence-electron chi connectivity index (χ4n) is 1.24. The van der Waals surface area contributed by atoms with Crippen LogP contribution in [0.4, 0.5) is 0 Å². The van der Waals surface area contributed by atoms with E-state index in [9.17, 15) is 4.79 Å². The molecule has 0 fully saturated rings. The van der Waals surface area contributed by atoms with Crippen LogP contribution >= 0.6 is 24.0 Å². The van der Waals surface area contributed by atoms with Crippen molar-refractivity contribution in [1.29, 1.82) is 5.26 Å². The second-order valence-corrected chi connectivity index (χ2v) is 6.02.